The lowest BCUT2D eigenvalue weighted by Gasteiger charge is -2.21. The first-order valence-electron chi connectivity index (χ1n) is 7.18. The molecule has 2 nitrogen and oxygen atoms in total. The topological polar surface area (TPSA) is 24.9 Å². The average molecular weight is 288 g/mol. The molecule has 0 spiro atoms. The monoisotopic (exact) mass is 288 g/mol. The molecule has 20 heavy (non-hydrogen) atoms. The summed E-state index contributed by atoms with van der Waals surface area (Å²) in [6, 6.07) is 9.22. The highest BCUT2D eigenvalue weighted by atomic mass is 32.1. The second kappa shape index (κ2) is 6.06. The van der Waals surface area contributed by atoms with Crippen molar-refractivity contribution in [2.45, 2.75) is 46.1 Å². The number of hydrogen-bond acceptors (Lipinski definition) is 3. The Bertz CT molecular complexity index is 549. The first-order chi connectivity index (χ1) is 9.41. The van der Waals surface area contributed by atoms with Crippen LogP contribution in [0.5, 0.6) is 0 Å². The molecule has 0 aliphatic heterocycles. The molecule has 0 bridgehead atoms. The Morgan fingerprint density at radius 2 is 1.85 bits per heavy atom. The molecule has 3 heteroatoms. The first kappa shape index (κ1) is 15.2. The molecule has 0 aliphatic carbocycles. The third kappa shape index (κ3) is 3.47. The summed E-state index contributed by atoms with van der Waals surface area (Å²) in [6.45, 7) is 11.9. The van der Waals surface area contributed by atoms with Gasteiger partial charge in [-0.25, -0.2) is 4.98 Å². The van der Waals surface area contributed by atoms with Crippen molar-refractivity contribution in [3.05, 3.63) is 51.5 Å². The standard InChI is InChI=1S/C17H24N2S/c1-6-18-16(15-11-19-12(2)20-15)13-7-9-14(10-8-13)17(3,4)5/h7-11,16,18H,6H2,1-5H3. The Kier molecular flexibility index (Phi) is 4.61. The van der Waals surface area contributed by atoms with E-state index in [1.54, 1.807) is 11.3 Å². The van der Waals surface area contributed by atoms with Gasteiger partial charge >= 0.3 is 0 Å². The summed E-state index contributed by atoms with van der Waals surface area (Å²) < 4.78 is 0. The third-order valence-electron chi connectivity index (χ3n) is 3.44. The van der Waals surface area contributed by atoms with E-state index in [1.165, 1.54) is 16.0 Å². The molecule has 1 aromatic carbocycles. The quantitative estimate of drug-likeness (QED) is 0.899. The van der Waals surface area contributed by atoms with Gasteiger partial charge in [0, 0.05) is 11.1 Å². The van der Waals surface area contributed by atoms with E-state index >= 15 is 0 Å². The van der Waals surface area contributed by atoms with Gasteiger partial charge in [0.1, 0.15) is 0 Å². The van der Waals surface area contributed by atoms with Crippen LogP contribution < -0.4 is 5.32 Å². The van der Waals surface area contributed by atoms with Crippen molar-refractivity contribution in [2.75, 3.05) is 6.54 Å². The van der Waals surface area contributed by atoms with Crippen LogP contribution in [-0.2, 0) is 5.41 Å². The zero-order chi connectivity index (χ0) is 14.8. The Morgan fingerprint density at radius 3 is 2.30 bits per heavy atom. The predicted molar refractivity (Wildman–Crippen MR) is 87.5 cm³/mol. The molecular formula is C17H24N2S. The highest BCUT2D eigenvalue weighted by molar-refractivity contribution is 7.11. The summed E-state index contributed by atoms with van der Waals surface area (Å²) in [6.07, 6.45) is 1.99. The molecule has 0 radical (unpaired) electrons. The molecule has 2 aromatic rings. The van der Waals surface area contributed by atoms with Crippen LogP contribution in [0.25, 0.3) is 0 Å². The maximum Gasteiger partial charge on any atom is 0.0897 e. The van der Waals surface area contributed by atoms with Gasteiger partial charge in [0.2, 0.25) is 0 Å². The van der Waals surface area contributed by atoms with Gasteiger partial charge in [-0.3, -0.25) is 0 Å². The van der Waals surface area contributed by atoms with Crippen molar-refractivity contribution in [2.24, 2.45) is 0 Å². The Labute approximate surface area is 126 Å². The number of aromatic nitrogens is 1. The number of benzene rings is 1. The van der Waals surface area contributed by atoms with Crippen molar-refractivity contribution in [3.8, 4) is 0 Å². The highest BCUT2D eigenvalue weighted by Gasteiger charge is 2.17. The lowest BCUT2D eigenvalue weighted by molar-refractivity contribution is 0.588. The second-order valence-corrected chi connectivity index (χ2v) is 7.41. The van der Waals surface area contributed by atoms with Gasteiger partial charge in [0.25, 0.3) is 0 Å². The van der Waals surface area contributed by atoms with Crippen LogP contribution in [0.3, 0.4) is 0 Å². The van der Waals surface area contributed by atoms with Crippen LogP contribution in [0.1, 0.15) is 54.7 Å². The van der Waals surface area contributed by atoms with Crippen molar-refractivity contribution in [1.82, 2.24) is 10.3 Å². The van der Waals surface area contributed by atoms with Crippen LogP contribution >= 0.6 is 11.3 Å². The molecule has 1 aromatic heterocycles. The lowest BCUT2D eigenvalue weighted by atomic mass is 9.86. The van der Waals surface area contributed by atoms with Crippen LogP contribution in [0.2, 0.25) is 0 Å². The van der Waals surface area contributed by atoms with Crippen molar-refractivity contribution in [1.29, 1.82) is 0 Å². The van der Waals surface area contributed by atoms with E-state index in [-0.39, 0.29) is 11.5 Å². The van der Waals surface area contributed by atoms with E-state index in [0.29, 0.717) is 0 Å². The van der Waals surface area contributed by atoms with Crippen LogP contribution in [0, 0.1) is 6.92 Å². The summed E-state index contributed by atoms with van der Waals surface area (Å²) in [4.78, 5) is 5.67. The minimum absolute atomic E-state index is 0.202. The number of nitrogens with one attached hydrogen (secondary N) is 1. The number of nitrogens with zero attached hydrogens (tertiary/aromatic N) is 1. The first-order valence-corrected chi connectivity index (χ1v) is 7.99. The molecule has 0 saturated carbocycles. The molecule has 1 unspecified atom stereocenters. The Morgan fingerprint density at radius 1 is 1.20 bits per heavy atom. The number of aryl methyl sites for hydroxylation is 1. The molecule has 0 amide bonds. The fourth-order valence-electron chi connectivity index (χ4n) is 2.27. The number of thiazole rings is 1. The van der Waals surface area contributed by atoms with E-state index in [4.69, 9.17) is 0 Å². The van der Waals surface area contributed by atoms with Gasteiger partial charge in [-0.2, -0.15) is 0 Å². The predicted octanol–water partition coefficient (Wildman–Crippen LogP) is 4.45. The molecule has 0 aliphatic rings. The van der Waals surface area contributed by atoms with E-state index < -0.39 is 0 Å². The Hall–Kier alpha value is -1.19. The van der Waals surface area contributed by atoms with E-state index in [0.717, 1.165) is 11.6 Å². The fourth-order valence-corrected chi connectivity index (χ4v) is 3.16. The maximum absolute atomic E-state index is 4.38. The summed E-state index contributed by atoms with van der Waals surface area (Å²) >= 11 is 1.77. The molecule has 108 valence electrons. The third-order valence-corrected chi connectivity index (χ3v) is 4.42. The van der Waals surface area contributed by atoms with Crippen LogP contribution in [0.4, 0.5) is 0 Å². The van der Waals surface area contributed by atoms with Gasteiger partial charge in [-0.1, -0.05) is 52.0 Å². The number of hydrogen-bond donors (Lipinski definition) is 1. The van der Waals surface area contributed by atoms with Gasteiger partial charge in [-0.05, 0) is 30.0 Å². The zero-order valence-electron chi connectivity index (χ0n) is 13.0. The van der Waals surface area contributed by atoms with E-state index in [2.05, 4.69) is 69.2 Å². The maximum atomic E-state index is 4.38. The van der Waals surface area contributed by atoms with Gasteiger partial charge in [0.05, 0.1) is 11.0 Å². The van der Waals surface area contributed by atoms with Crippen LogP contribution in [-0.4, -0.2) is 11.5 Å². The van der Waals surface area contributed by atoms with Crippen LogP contribution in [0.15, 0.2) is 30.5 Å². The molecule has 0 fully saturated rings. The van der Waals surface area contributed by atoms with Crippen molar-refractivity contribution in [3.63, 3.8) is 0 Å². The molecule has 1 N–H and O–H groups in total. The van der Waals surface area contributed by atoms with Crippen molar-refractivity contribution < 1.29 is 0 Å². The minimum Gasteiger partial charge on any atom is -0.306 e. The summed E-state index contributed by atoms with van der Waals surface area (Å²) in [5, 5.41) is 4.68. The van der Waals surface area contributed by atoms with Crippen molar-refractivity contribution >= 4 is 11.3 Å². The summed E-state index contributed by atoms with van der Waals surface area (Å²) in [7, 11) is 0. The molecule has 2 rings (SSSR count). The zero-order valence-corrected chi connectivity index (χ0v) is 13.8. The summed E-state index contributed by atoms with van der Waals surface area (Å²) in [5.41, 5.74) is 2.88. The largest absolute Gasteiger partial charge is 0.306 e. The summed E-state index contributed by atoms with van der Waals surface area (Å²) in [5.74, 6) is 0. The van der Waals surface area contributed by atoms with Gasteiger partial charge < -0.3 is 5.32 Å². The van der Waals surface area contributed by atoms with Gasteiger partial charge in [0.15, 0.2) is 0 Å². The SMILES string of the molecule is CCNC(c1ccc(C(C)(C)C)cc1)c1cnc(C)s1. The molecule has 0 saturated heterocycles. The number of rotatable bonds is 4. The normalized spacial score (nSPS) is 13.4. The molecular weight excluding hydrogens is 264 g/mol. The minimum atomic E-state index is 0.202. The molecule has 1 heterocycles. The smallest absolute Gasteiger partial charge is 0.0897 e. The fraction of sp³-hybridized carbons (Fsp3) is 0.471. The van der Waals surface area contributed by atoms with E-state index in [9.17, 15) is 0 Å². The van der Waals surface area contributed by atoms with E-state index in [1.807, 2.05) is 6.20 Å². The van der Waals surface area contributed by atoms with Gasteiger partial charge in [-0.15, -0.1) is 11.3 Å². The Balaban J connectivity index is 2.30. The average Bonchev–Trinajstić information content (AvgIpc) is 2.81. The second-order valence-electron chi connectivity index (χ2n) is 6.14. The molecule has 1 atom stereocenters. The highest BCUT2D eigenvalue weighted by Crippen LogP contribution is 2.29. The lowest BCUT2D eigenvalue weighted by Crippen LogP contribution is -2.21.